The monoisotopic (exact) mass is 286 g/mol. The van der Waals surface area contributed by atoms with Crippen molar-refractivity contribution in [2.24, 2.45) is 0 Å². The van der Waals surface area contributed by atoms with E-state index in [4.69, 9.17) is 4.74 Å². The predicted molar refractivity (Wildman–Crippen MR) is 82.4 cm³/mol. The molecular weight excluding hydrogens is 264 g/mol. The van der Waals surface area contributed by atoms with E-state index in [0.717, 1.165) is 29.5 Å². The Kier molecular flexibility index (Phi) is 4.31. The highest BCUT2D eigenvalue weighted by atomic mass is 16.6. The average Bonchev–Trinajstić information content (AvgIpc) is 2.35. The SMILES string of the molecule is CC(=O)c1ccc2c(c1)CC(CC(=O)OC(C)(C)C)=CC2. The average molecular weight is 286 g/mol. The smallest absolute Gasteiger partial charge is 0.310 e. The fraction of sp³-hybridized carbons (Fsp3) is 0.444. The number of rotatable bonds is 3. The molecule has 0 N–H and O–H groups in total. The van der Waals surface area contributed by atoms with Crippen LogP contribution in [0.5, 0.6) is 0 Å². The van der Waals surface area contributed by atoms with Gasteiger partial charge in [0.15, 0.2) is 5.78 Å². The molecule has 0 fully saturated rings. The van der Waals surface area contributed by atoms with Gasteiger partial charge in [-0.05, 0) is 57.7 Å². The van der Waals surface area contributed by atoms with Crippen LogP contribution in [0.15, 0.2) is 29.8 Å². The molecule has 0 saturated carbocycles. The van der Waals surface area contributed by atoms with E-state index in [-0.39, 0.29) is 11.8 Å². The van der Waals surface area contributed by atoms with E-state index in [2.05, 4.69) is 6.08 Å². The zero-order valence-corrected chi connectivity index (χ0v) is 13.2. The summed E-state index contributed by atoms with van der Waals surface area (Å²) in [5.41, 5.74) is 3.72. The van der Waals surface area contributed by atoms with Crippen LogP contribution in [0.2, 0.25) is 0 Å². The van der Waals surface area contributed by atoms with Crippen LogP contribution in [0.3, 0.4) is 0 Å². The second kappa shape index (κ2) is 5.84. The number of carbonyl (C=O) groups excluding carboxylic acids is 2. The van der Waals surface area contributed by atoms with Crippen molar-refractivity contribution in [3.05, 3.63) is 46.5 Å². The van der Waals surface area contributed by atoms with E-state index in [0.29, 0.717) is 6.42 Å². The highest BCUT2D eigenvalue weighted by Crippen LogP contribution is 2.25. The minimum atomic E-state index is -0.452. The molecule has 1 aromatic rings. The van der Waals surface area contributed by atoms with Gasteiger partial charge in [0.2, 0.25) is 0 Å². The number of allylic oxidation sites excluding steroid dienone is 1. The fourth-order valence-corrected chi connectivity index (χ4v) is 2.48. The van der Waals surface area contributed by atoms with Crippen molar-refractivity contribution >= 4 is 11.8 Å². The highest BCUT2D eigenvalue weighted by molar-refractivity contribution is 5.94. The molecular formula is C18H22O3. The van der Waals surface area contributed by atoms with Crippen LogP contribution in [-0.2, 0) is 22.4 Å². The molecule has 0 spiro atoms. The maximum atomic E-state index is 11.9. The van der Waals surface area contributed by atoms with Crippen molar-refractivity contribution in [2.75, 3.05) is 0 Å². The second-order valence-electron chi connectivity index (χ2n) is 6.55. The van der Waals surface area contributed by atoms with Crippen LogP contribution in [-0.4, -0.2) is 17.4 Å². The number of ketones is 1. The molecule has 0 saturated heterocycles. The minimum absolute atomic E-state index is 0.0704. The maximum absolute atomic E-state index is 11.9. The lowest BCUT2D eigenvalue weighted by Crippen LogP contribution is -2.24. The van der Waals surface area contributed by atoms with Gasteiger partial charge in [0.1, 0.15) is 5.60 Å². The Balaban J connectivity index is 2.07. The molecule has 0 unspecified atom stereocenters. The maximum Gasteiger partial charge on any atom is 0.310 e. The third-order valence-corrected chi connectivity index (χ3v) is 3.43. The van der Waals surface area contributed by atoms with Crippen LogP contribution in [0, 0.1) is 0 Å². The molecule has 0 bridgehead atoms. The third kappa shape index (κ3) is 4.28. The predicted octanol–water partition coefficient (Wildman–Crippen LogP) is 3.65. The molecule has 3 nitrogen and oxygen atoms in total. The molecule has 0 amide bonds. The lowest BCUT2D eigenvalue weighted by molar-refractivity contribution is -0.153. The molecule has 2 rings (SSSR count). The Morgan fingerprint density at radius 3 is 2.52 bits per heavy atom. The first-order valence-corrected chi connectivity index (χ1v) is 7.27. The van der Waals surface area contributed by atoms with Crippen LogP contribution in [0.1, 0.15) is 55.6 Å². The summed E-state index contributed by atoms with van der Waals surface area (Å²) >= 11 is 0. The van der Waals surface area contributed by atoms with Gasteiger partial charge < -0.3 is 4.74 Å². The van der Waals surface area contributed by atoms with Crippen molar-refractivity contribution in [1.82, 2.24) is 0 Å². The molecule has 112 valence electrons. The lowest BCUT2D eigenvalue weighted by atomic mass is 9.88. The first-order valence-electron chi connectivity index (χ1n) is 7.27. The zero-order valence-electron chi connectivity index (χ0n) is 13.2. The van der Waals surface area contributed by atoms with Crippen molar-refractivity contribution in [3.8, 4) is 0 Å². The van der Waals surface area contributed by atoms with E-state index in [1.165, 1.54) is 5.56 Å². The minimum Gasteiger partial charge on any atom is -0.460 e. The number of fused-ring (bicyclic) bond motifs is 1. The van der Waals surface area contributed by atoms with Crippen molar-refractivity contribution < 1.29 is 14.3 Å². The first kappa shape index (κ1) is 15.5. The van der Waals surface area contributed by atoms with Crippen LogP contribution < -0.4 is 0 Å². The van der Waals surface area contributed by atoms with Gasteiger partial charge in [0, 0.05) is 5.56 Å². The molecule has 21 heavy (non-hydrogen) atoms. The number of benzene rings is 1. The summed E-state index contributed by atoms with van der Waals surface area (Å²) in [6.45, 7) is 7.18. The third-order valence-electron chi connectivity index (χ3n) is 3.43. The van der Waals surface area contributed by atoms with E-state index < -0.39 is 5.60 Å². The Hall–Kier alpha value is -1.90. The highest BCUT2D eigenvalue weighted by Gasteiger charge is 2.19. The molecule has 0 heterocycles. The van der Waals surface area contributed by atoms with Gasteiger partial charge in [-0.2, -0.15) is 0 Å². The van der Waals surface area contributed by atoms with Crippen LogP contribution >= 0.6 is 0 Å². The number of hydrogen-bond acceptors (Lipinski definition) is 3. The molecule has 1 aliphatic carbocycles. The van der Waals surface area contributed by atoms with Gasteiger partial charge in [-0.25, -0.2) is 0 Å². The first-order chi connectivity index (χ1) is 9.74. The molecule has 0 radical (unpaired) electrons. The van der Waals surface area contributed by atoms with Crippen LogP contribution in [0.25, 0.3) is 0 Å². The molecule has 0 atom stereocenters. The summed E-state index contributed by atoms with van der Waals surface area (Å²) < 4.78 is 5.36. The Morgan fingerprint density at radius 1 is 1.19 bits per heavy atom. The number of carbonyl (C=O) groups is 2. The molecule has 0 aromatic heterocycles. The second-order valence-corrected chi connectivity index (χ2v) is 6.55. The number of ether oxygens (including phenoxy) is 1. The summed E-state index contributed by atoms with van der Waals surface area (Å²) in [5, 5.41) is 0. The van der Waals surface area contributed by atoms with E-state index in [9.17, 15) is 9.59 Å². The topological polar surface area (TPSA) is 43.4 Å². The van der Waals surface area contributed by atoms with E-state index in [1.807, 2.05) is 39.0 Å². The van der Waals surface area contributed by atoms with E-state index >= 15 is 0 Å². The van der Waals surface area contributed by atoms with Gasteiger partial charge in [0.05, 0.1) is 6.42 Å². The summed E-state index contributed by atoms with van der Waals surface area (Å²) in [7, 11) is 0. The number of Topliss-reactive ketones (excluding diaryl/α,β-unsaturated/α-hetero) is 1. The Labute approximate surface area is 126 Å². The standard InChI is InChI=1S/C18H22O3/c1-12(19)15-8-7-14-6-5-13(9-16(14)11-15)10-17(20)21-18(2,3)4/h5,7-8,11H,6,9-10H2,1-4H3. The fourth-order valence-electron chi connectivity index (χ4n) is 2.48. The molecule has 0 aliphatic heterocycles. The van der Waals surface area contributed by atoms with Gasteiger partial charge >= 0.3 is 5.97 Å². The molecule has 1 aromatic carbocycles. The summed E-state index contributed by atoms with van der Waals surface area (Å²) in [6, 6.07) is 5.82. The summed E-state index contributed by atoms with van der Waals surface area (Å²) in [4.78, 5) is 23.4. The summed E-state index contributed by atoms with van der Waals surface area (Å²) in [6.07, 6.45) is 3.95. The van der Waals surface area contributed by atoms with Gasteiger partial charge in [-0.3, -0.25) is 9.59 Å². The number of hydrogen-bond donors (Lipinski definition) is 0. The quantitative estimate of drug-likeness (QED) is 0.484. The lowest BCUT2D eigenvalue weighted by Gasteiger charge is -2.21. The van der Waals surface area contributed by atoms with Crippen LogP contribution in [0.4, 0.5) is 0 Å². The van der Waals surface area contributed by atoms with Crippen molar-refractivity contribution in [1.29, 1.82) is 0 Å². The summed E-state index contributed by atoms with van der Waals surface area (Å²) in [5.74, 6) is -0.124. The Bertz CT molecular complexity index is 603. The molecule has 3 heteroatoms. The Morgan fingerprint density at radius 2 is 1.90 bits per heavy atom. The largest absolute Gasteiger partial charge is 0.460 e. The van der Waals surface area contributed by atoms with Crippen molar-refractivity contribution in [3.63, 3.8) is 0 Å². The van der Waals surface area contributed by atoms with Gasteiger partial charge in [-0.15, -0.1) is 0 Å². The normalized spacial score (nSPS) is 14.2. The van der Waals surface area contributed by atoms with Gasteiger partial charge in [-0.1, -0.05) is 23.8 Å². The number of esters is 1. The van der Waals surface area contributed by atoms with Gasteiger partial charge in [0.25, 0.3) is 0 Å². The van der Waals surface area contributed by atoms with Crippen molar-refractivity contribution in [2.45, 2.75) is 52.6 Å². The van der Waals surface area contributed by atoms with E-state index in [1.54, 1.807) is 6.92 Å². The zero-order chi connectivity index (χ0) is 15.6. The molecule has 1 aliphatic rings.